The van der Waals surface area contributed by atoms with Crippen molar-refractivity contribution in [1.29, 1.82) is 0 Å². The normalized spacial score (nSPS) is 24.4. The molecule has 1 aromatic heterocycles. The number of halogens is 1. The van der Waals surface area contributed by atoms with Crippen LogP contribution in [0.1, 0.15) is 23.2 Å². The van der Waals surface area contributed by atoms with Crippen molar-refractivity contribution in [3.05, 3.63) is 17.0 Å². The zero-order valence-corrected chi connectivity index (χ0v) is 8.61. The highest BCUT2D eigenvalue weighted by atomic mass is 35.5. The van der Waals surface area contributed by atoms with E-state index in [1.807, 2.05) is 0 Å². The van der Waals surface area contributed by atoms with E-state index in [-0.39, 0.29) is 22.9 Å². The lowest BCUT2D eigenvalue weighted by Gasteiger charge is -2.32. The highest BCUT2D eigenvalue weighted by Gasteiger charge is 2.28. The van der Waals surface area contributed by atoms with E-state index in [4.69, 9.17) is 16.7 Å². The number of aromatic nitrogens is 2. The van der Waals surface area contributed by atoms with Crippen LogP contribution in [0.25, 0.3) is 0 Å². The fourth-order valence-corrected chi connectivity index (χ4v) is 1.67. The molecule has 6 heteroatoms. The number of anilines is 1. The van der Waals surface area contributed by atoms with Crippen LogP contribution in [0, 0.1) is 0 Å². The Kier molecular flexibility index (Phi) is 2.83. The molecule has 5 nitrogen and oxygen atoms in total. The molecule has 80 valence electrons. The third kappa shape index (κ3) is 2.08. The second kappa shape index (κ2) is 4.12. The maximum Gasteiger partial charge on any atom is 0.156 e. The largest absolute Gasteiger partial charge is 0.393 e. The molecule has 1 aromatic rings. The van der Waals surface area contributed by atoms with Crippen molar-refractivity contribution >= 4 is 23.7 Å². The summed E-state index contributed by atoms with van der Waals surface area (Å²) in [5.74, 6) is 0.432. The number of hydrogen-bond acceptors (Lipinski definition) is 5. The Bertz CT molecular complexity index is 380. The first kappa shape index (κ1) is 10.3. The van der Waals surface area contributed by atoms with Crippen LogP contribution in [0.3, 0.4) is 0 Å². The van der Waals surface area contributed by atoms with Gasteiger partial charge in [-0.3, -0.25) is 4.79 Å². The van der Waals surface area contributed by atoms with Crippen LogP contribution in [0.4, 0.5) is 5.82 Å². The Morgan fingerprint density at radius 1 is 1.53 bits per heavy atom. The van der Waals surface area contributed by atoms with Crippen LogP contribution < -0.4 is 5.32 Å². The van der Waals surface area contributed by atoms with Crippen molar-refractivity contribution in [2.75, 3.05) is 5.32 Å². The Hall–Kier alpha value is -1.20. The lowest BCUT2D eigenvalue weighted by Crippen LogP contribution is -2.39. The molecule has 1 fully saturated rings. The fraction of sp³-hybridized carbons (Fsp3) is 0.444. The SMILES string of the molecule is O=Cc1c(Cl)ncnc1NC1CC(O)C1. The van der Waals surface area contributed by atoms with E-state index in [1.54, 1.807) is 0 Å². The first-order valence-electron chi connectivity index (χ1n) is 4.61. The van der Waals surface area contributed by atoms with Crippen LogP contribution in [-0.2, 0) is 0 Å². The van der Waals surface area contributed by atoms with Gasteiger partial charge in [0.05, 0.1) is 11.7 Å². The predicted molar refractivity (Wildman–Crippen MR) is 55.1 cm³/mol. The summed E-state index contributed by atoms with van der Waals surface area (Å²) >= 11 is 5.73. The summed E-state index contributed by atoms with van der Waals surface area (Å²) in [5, 5.41) is 12.3. The zero-order valence-electron chi connectivity index (χ0n) is 7.85. The first-order chi connectivity index (χ1) is 7.20. The van der Waals surface area contributed by atoms with Crippen molar-refractivity contribution in [3.63, 3.8) is 0 Å². The monoisotopic (exact) mass is 227 g/mol. The van der Waals surface area contributed by atoms with Gasteiger partial charge < -0.3 is 10.4 Å². The molecule has 0 amide bonds. The molecule has 0 spiro atoms. The Balaban J connectivity index is 2.13. The number of hydrogen-bond donors (Lipinski definition) is 2. The summed E-state index contributed by atoms with van der Waals surface area (Å²) < 4.78 is 0. The minimum atomic E-state index is -0.250. The summed E-state index contributed by atoms with van der Waals surface area (Å²) in [6, 6.07) is 0.157. The number of nitrogens with zero attached hydrogens (tertiary/aromatic N) is 2. The summed E-state index contributed by atoms with van der Waals surface area (Å²) in [5.41, 5.74) is 0.264. The number of nitrogens with one attached hydrogen (secondary N) is 1. The van der Waals surface area contributed by atoms with Gasteiger partial charge in [-0.25, -0.2) is 9.97 Å². The second-order valence-corrected chi connectivity index (χ2v) is 3.87. The van der Waals surface area contributed by atoms with Crippen LogP contribution >= 0.6 is 11.6 Å². The topological polar surface area (TPSA) is 75.1 Å². The summed E-state index contributed by atoms with van der Waals surface area (Å²) in [6.45, 7) is 0. The van der Waals surface area contributed by atoms with E-state index in [0.29, 0.717) is 24.9 Å². The smallest absolute Gasteiger partial charge is 0.156 e. The Morgan fingerprint density at radius 3 is 2.87 bits per heavy atom. The molecule has 0 atom stereocenters. The molecule has 0 bridgehead atoms. The molecule has 2 N–H and O–H groups in total. The maximum absolute atomic E-state index is 10.7. The van der Waals surface area contributed by atoms with Crippen molar-refractivity contribution in [2.45, 2.75) is 25.0 Å². The number of carbonyl (C=O) groups is 1. The van der Waals surface area contributed by atoms with Crippen LogP contribution in [-0.4, -0.2) is 33.5 Å². The van der Waals surface area contributed by atoms with Crippen molar-refractivity contribution < 1.29 is 9.90 Å². The van der Waals surface area contributed by atoms with Gasteiger partial charge in [0.25, 0.3) is 0 Å². The molecule has 2 rings (SSSR count). The molecular formula is C9H10ClN3O2. The quantitative estimate of drug-likeness (QED) is 0.592. The average molecular weight is 228 g/mol. The molecule has 0 saturated heterocycles. The molecule has 0 radical (unpaired) electrons. The highest BCUT2D eigenvalue weighted by Crippen LogP contribution is 2.25. The van der Waals surface area contributed by atoms with Gasteiger partial charge in [-0.1, -0.05) is 11.6 Å². The van der Waals surface area contributed by atoms with E-state index in [9.17, 15) is 4.79 Å². The molecule has 15 heavy (non-hydrogen) atoms. The number of aliphatic hydroxyl groups excluding tert-OH is 1. The first-order valence-corrected chi connectivity index (χ1v) is 4.98. The third-order valence-corrected chi connectivity index (χ3v) is 2.71. The Morgan fingerprint density at radius 2 is 2.27 bits per heavy atom. The average Bonchev–Trinajstić information content (AvgIpc) is 2.16. The summed E-state index contributed by atoms with van der Waals surface area (Å²) in [6.07, 6.45) is 3.01. The number of carbonyl (C=O) groups excluding carboxylic acids is 1. The molecule has 1 heterocycles. The van der Waals surface area contributed by atoms with Crippen molar-refractivity contribution in [2.24, 2.45) is 0 Å². The van der Waals surface area contributed by atoms with Gasteiger partial charge >= 0.3 is 0 Å². The van der Waals surface area contributed by atoms with E-state index in [1.165, 1.54) is 6.33 Å². The van der Waals surface area contributed by atoms with Crippen molar-refractivity contribution in [3.8, 4) is 0 Å². The van der Waals surface area contributed by atoms with E-state index in [2.05, 4.69) is 15.3 Å². The van der Waals surface area contributed by atoms with Gasteiger partial charge in [0.2, 0.25) is 0 Å². The van der Waals surface area contributed by atoms with Gasteiger partial charge in [-0.05, 0) is 12.8 Å². The molecule has 0 aromatic carbocycles. The molecule has 0 unspecified atom stereocenters. The number of aliphatic hydroxyl groups is 1. The molecular weight excluding hydrogens is 218 g/mol. The minimum absolute atomic E-state index is 0.141. The minimum Gasteiger partial charge on any atom is -0.393 e. The van der Waals surface area contributed by atoms with Crippen molar-refractivity contribution in [1.82, 2.24) is 9.97 Å². The third-order valence-electron chi connectivity index (χ3n) is 2.41. The van der Waals surface area contributed by atoms with Crippen LogP contribution in [0.15, 0.2) is 6.33 Å². The summed E-state index contributed by atoms with van der Waals surface area (Å²) in [7, 11) is 0. The molecule has 1 aliphatic rings. The number of aldehydes is 1. The lowest BCUT2D eigenvalue weighted by molar-refractivity contribution is 0.0835. The molecule has 1 saturated carbocycles. The second-order valence-electron chi connectivity index (χ2n) is 3.51. The van der Waals surface area contributed by atoms with Crippen LogP contribution in [0.5, 0.6) is 0 Å². The molecule has 0 aliphatic heterocycles. The highest BCUT2D eigenvalue weighted by molar-refractivity contribution is 6.32. The van der Waals surface area contributed by atoms with Crippen LogP contribution in [0.2, 0.25) is 5.15 Å². The maximum atomic E-state index is 10.7. The standard InChI is InChI=1S/C9H10ClN3O2/c10-8-7(3-14)9(12-4-11-8)13-5-1-6(15)2-5/h3-6,15H,1-2H2,(H,11,12,13). The summed E-state index contributed by atoms with van der Waals surface area (Å²) in [4.78, 5) is 18.4. The van der Waals surface area contributed by atoms with Gasteiger partial charge in [-0.2, -0.15) is 0 Å². The van der Waals surface area contributed by atoms with E-state index in [0.717, 1.165) is 0 Å². The Labute approximate surface area is 91.5 Å². The predicted octanol–water partition coefficient (Wildman–Crippen LogP) is 0.878. The fourth-order valence-electron chi connectivity index (χ4n) is 1.49. The van der Waals surface area contributed by atoms with Gasteiger partial charge in [0.1, 0.15) is 17.3 Å². The lowest BCUT2D eigenvalue weighted by atomic mass is 9.89. The van der Waals surface area contributed by atoms with Gasteiger partial charge in [0.15, 0.2) is 6.29 Å². The molecule has 1 aliphatic carbocycles. The zero-order chi connectivity index (χ0) is 10.8. The van der Waals surface area contributed by atoms with Gasteiger partial charge in [0, 0.05) is 6.04 Å². The van der Waals surface area contributed by atoms with E-state index >= 15 is 0 Å². The van der Waals surface area contributed by atoms with Gasteiger partial charge in [-0.15, -0.1) is 0 Å². The number of rotatable bonds is 3. The van der Waals surface area contributed by atoms with E-state index < -0.39 is 0 Å².